The first kappa shape index (κ1) is 14.3. The summed E-state index contributed by atoms with van der Waals surface area (Å²) >= 11 is 0. The molecule has 0 radical (unpaired) electrons. The predicted octanol–water partition coefficient (Wildman–Crippen LogP) is -0.642. The molecule has 0 N–H and O–H groups in total. The average Bonchev–Trinajstić information content (AvgIpc) is 3.01. The lowest BCUT2D eigenvalue weighted by molar-refractivity contribution is -0.876. The highest BCUT2D eigenvalue weighted by Gasteiger charge is 2.23. The molecule has 0 saturated carbocycles. The normalized spacial score (nSPS) is 9.85. The van der Waals surface area contributed by atoms with Crippen LogP contribution in [0.4, 0.5) is 0 Å². The number of nitrogens with zero attached hydrogens (tertiary/aromatic N) is 2. The second-order valence-corrected chi connectivity index (χ2v) is 3.98. The van der Waals surface area contributed by atoms with E-state index >= 15 is 0 Å². The van der Waals surface area contributed by atoms with Gasteiger partial charge in [-0.2, -0.15) is 0 Å². The molecule has 4 nitrogen and oxygen atoms in total. The van der Waals surface area contributed by atoms with Crippen LogP contribution in [0.1, 0.15) is 0 Å². The summed E-state index contributed by atoms with van der Waals surface area (Å²) in [6.07, 6.45) is 5.05. The molecule has 5 heteroatoms. The summed E-state index contributed by atoms with van der Waals surface area (Å²) in [6.45, 7) is 0. The van der Waals surface area contributed by atoms with E-state index in [4.69, 9.17) is 9.25 Å². The molecule has 0 amide bonds. The summed E-state index contributed by atoms with van der Waals surface area (Å²) in [7, 11) is 1.63. The van der Waals surface area contributed by atoms with E-state index in [9.17, 15) is 0 Å². The summed E-state index contributed by atoms with van der Waals surface area (Å²) in [5, 5.41) is 0. The van der Waals surface area contributed by atoms with Gasteiger partial charge in [-0.3, -0.25) is 4.84 Å². The van der Waals surface area contributed by atoms with Crippen molar-refractivity contribution in [3.8, 4) is 22.7 Å². The molecule has 1 aromatic carbocycles. The lowest BCUT2D eigenvalue weighted by Gasteiger charge is -2.04. The van der Waals surface area contributed by atoms with Crippen LogP contribution in [0.2, 0.25) is 0 Å². The van der Waals surface area contributed by atoms with Crippen LogP contribution in [-0.4, -0.2) is 12.1 Å². The highest BCUT2D eigenvalue weighted by molar-refractivity contribution is 5.74. The smallest absolute Gasteiger partial charge is 0.277 e. The molecular weight excluding hydrogens is 320 g/mol. The first-order valence-corrected chi connectivity index (χ1v) is 5.94. The van der Waals surface area contributed by atoms with Crippen LogP contribution in [0.25, 0.3) is 22.7 Å². The Morgan fingerprint density at radius 2 is 1.90 bits per heavy atom. The van der Waals surface area contributed by atoms with Crippen LogP contribution in [-0.2, 0) is 0 Å². The molecular formula is C15H13BrN2O2. The molecule has 0 saturated heterocycles. The van der Waals surface area contributed by atoms with Gasteiger partial charge in [-0.1, -0.05) is 18.2 Å². The maximum absolute atomic E-state index is 5.40. The largest absolute Gasteiger partial charge is 1.00 e. The topological polar surface area (TPSA) is 39.1 Å². The number of benzene rings is 1. The standard InChI is InChI=1S/C15H13N2O2.BrH/c1-18-17-10-5-8-13(15-16-9-11-19-15)14(17)12-6-3-2-4-7-12;/h2-11H,1H3;1H/q+1;/p-1. The van der Waals surface area contributed by atoms with Crippen LogP contribution in [0.3, 0.4) is 0 Å². The summed E-state index contributed by atoms with van der Waals surface area (Å²) in [4.78, 5) is 9.60. The minimum atomic E-state index is 0. The van der Waals surface area contributed by atoms with E-state index in [1.54, 1.807) is 24.3 Å². The molecule has 0 aliphatic rings. The molecule has 3 aromatic rings. The third-order valence-electron chi connectivity index (χ3n) is 2.87. The maximum Gasteiger partial charge on any atom is 0.277 e. The molecule has 102 valence electrons. The number of halogens is 1. The Bertz CT molecular complexity index is 670. The highest BCUT2D eigenvalue weighted by atomic mass is 79.9. The maximum atomic E-state index is 5.40. The molecule has 0 atom stereocenters. The van der Waals surface area contributed by atoms with Gasteiger partial charge in [0, 0.05) is 10.8 Å². The van der Waals surface area contributed by atoms with E-state index in [0.717, 1.165) is 16.8 Å². The number of oxazole rings is 1. The van der Waals surface area contributed by atoms with Gasteiger partial charge in [-0.25, -0.2) is 4.98 Å². The first-order valence-electron chi connectivity index (χ1n) is 5.94. The van der Waals surface area contributed by atoms with Crippen molar-refractivity contribution in [3.63, 3.8) is 0 Å². The number of aromatic nitrogens is 2. The van der Waals surface area contributed by atoms with Gasteiger partial charge < -0.3 is 21.4 Å². The average molecular weight is 333 g/mol. The van der Waals surface area contributed by atoms with E-state index < -0.39 is 0 Å². The van der Waals surface area contributed by atoms with Gasteiger partial charge in [-0.05, 0) is 18.2 Å². The fourth-order valence-electron chi connectivity index (χ4n) is 2.05. The van der Waals surface area contributed by atoms with Crippen LogP contribution in [0, 0.1) is 0 Å². The van der Waals surface area contributed by atoms with Gasteiger partial charge in [0.2, 0.25) is 12.1 Å². The third kappa shape index (κ3) is 2.58. The van der Waals surface area contributed by atoms with Gasteiger partial charge in [0.1, 0.15) is 18.9 Å². The third-order valence-corrected chi connectivity index (χ3v) is 2.87. The van der Waals surface area contributed by atoms with Gasteiger partial charge >= 0.3 is 0 Å². The number of rotatable bonds is 3. The van der Waals surface area contributed by atoms with Crippen LogP contribution < -0.4 is 26.5 Å². The second kappa shape index (κ2) is 6.34. The zero-order valence-corrected chi connectivity index (χ0v) is 12.4. The van der Waals surface area contributed by atoms with Crippen molar-refractivity contribution in [3.05, 3.63) is 61.1 Å². The molecule has 0 unspecified atom stereocenters. The Morgan fingerprint density at radius 1 is 1.10 bits per heavy atom. The predicted molar refractivity (Wildman–Crippen MR) is 70.1 cm³/mol. The minimum Gasteiger partial charge on any atom is -1.00 e. The second-order valence-electron chi connectivity index (χ2n) is 3.98. The highest BCUT2D eigenvalue weighted by Crippen LogP contribution is 2.27. The molecule has 3 rings (SSSR count). The molecule has 2 heterocycles. The van der Waals surface area contributed by atoms with Crippen LogP contribution >= 0.6 is 0 Å². The van der Waals surface area contributed by atoms with E-state index in [0.29, 0.717) is 5.89 Å². The monoisotopic (exact) mass is 332 g/mol. The Hall–Kier alpha value is -2.14. The lowest BCUT2D eigenvalue weighted by Crippen LogP contribution is -3.00. The van der Waals surface area contributed by atoms with Crippen molar-refractivity contribution in [2.24, 2.45) is 0 Å². The van der Waals surface area contributed by atoms with Crippen molar-refractivity contribution >= 4 is 0 Å². The number of pyridine rings is 1. The zero-order chi connectivity index (χ0) is 13.1. The molecule has 0 aliphatic heterocycles. The lowest BCUT2D eigenvalue weighted by atomic mass is 10.1. The fourth-order valence-corrected chi connectivity index (χ4v) is 2.05. The Morgan fingerprint density at radius 3 is 2.55 bits per heavy atom. The molecule has 20 heavy (non-hydrogen) atoms. The van der Waals surface area contributed by atoms with E-state index in [1.165, 1.54) is 0 Å². The van der Waals surface area contributed by atoms with Crippen molar-refractivity contribution in [2.75, 3.05) is 7.11 Å². The Labute approximate surface area is 127 Å². The van der Waals surface area contributed by atoms with Crippen LogP contribution in [0.15, 0.2) is 65.5 Å². The number of hydrogen-bond donors (Lipinski definition) is 0. The fraction of sp³-hybridized carbons (Fsp3) is 0.0667. The van der Waals surface area contributed by atoms with E-state index in [-0.39, 0.29) is 17.0 Å². The van der Waals surface area contributed by atoms with Crippen molar-refractivity contribution in [1.82, 2.24) is 4.98 Å². The molecule has 0 aliphatic carbocycles. The van der Waals surface area contributed by atoms with E-state index in [1.807, 2.05) is 48.7 Å². The summed E-state index contributed by atoms with van der Waals surface area (Å²) < 4.78 is 7.10. The number of hydrogen-bond acceptors (Lipinski definition) is 3. The molecule has 0 fully saturated rings. The molecule has 2 aromatic heterocycles. The summed E-state index contributed by atoms with van der Waals surface area (Å²) in [6, 6.07) is 13.9. The van der Waals surface area contributed by atoms with Gasteiger partial charge in [0.05, 0.1) is 11.8 Å². The Kier molecular flexibility index (Phi) is 4.53. The Balaban J connectivity index is 0.00000147. The summed E-state index contributed by atoms with van der Waals surface area (Å²) in [5.74, 6) is 0.574. The van der Waals surface area contributed by atoms with E-state index in [2.05, 4.69) is 4.98 Å². The molecule has 0 spiro atoms. The van der Waals surface area contributed by atoms with Crippen molar-refractivity contribution < 1.29 is 31.0 Å². The summed E-state index contributed by atoms with van der Waals surface area (Å²) in [5.41, 5.74) is 2.84. The quantitative estimate of drug-likeness (QED) is 0.599. The zero-order valence-electron chi connectivity index (χ0n) is 10.9. The van der Waals surface area contributed by atoms with Crippen molar-refractivity contribution in [1.29, 1.82) is 0 Å². The van der Waals surface area contributed by atoms with Crippen LogP contribution in [0.5, 0.6) is 0 Å². The van der Waals surface area contributed by atoms with Gasteiger partial charge in [0.15, 0.2) is 0 Å². The minimum absolute atomic E-state index is 0. The van der Waals surface area contributed by atoms with Gasteiger partial charge in [-0.15, -0.1) is 0 Å². The SMILES string of the molecule is CO[n+]1cccc(-c2ncco2)c1-c1ccccc1.[Br-]. The van der Waals surface area contributed by atoms with Gasteiger partial charge in [0.25, 0.3) is 5.69 Å². The molecule has 0 bridgehead atoms. The van der Waals surface area contributed by atoms with Crippen molar-refractivity contribution in [2.45, 2.75) is 0 Å². The first-order chi connectivity index (χ1) is 9.40.